The van der Waals surface area contributed by atoms with Gasteiger partial charge in [-0.1, -0.05) is 251 Å². The maximum absolute atomic E-state index is 13.2. The summed E-state index contributed by atoms with van der Waals surface area (Å²) in [5.74, 6) is -0.471. The first-order valence-corrected chi connectivity index (χ1v) is 27.6. The molecule has 0 heterocycles. The predicted octanol–water partition coefficient (Wildman–Crippen LogP) is 16.7. The van der Waals surface area contributed by atoms with Crippen molar-refractivity contribution in [1.82, 2.24) is 5.32 Å². The van der Waals surface area contributed by atoms with Crippen LogP contribution < -0.4 is 5.32 Å². The van der Waals surface area contributed by atoms with Crippen LogP contribution in [0.5, 0.6) is 0 Å². The molecule has 0 rings (SSSR count). The number of allylic oxidation sites excluding steroid dienone is 4. The molecular weight excluding hydrogens is 767 g/mol. The first-order valence-electron chi connectivity index (χ1n) is 27.6. The van der Waals surface area contributed by atoms with Crippen molar-refractivity contribution in [2.45, 2.75) is 315 Å². The Kier molecular flexibility index (Phi) is 49.0. The molecule has 0 saturated heterocycles. The average Bonchev–Trinajstić information content (AvgIpc) is 3.26. The maximum Gasteiger partial charge on any atom is 0.306 e. The van der Waals surface area contributed by atoms with Gasteiger partial charge in [0.15, 0.2) is 0 Å². The van der Waals surface area contributed by atoms with Crippen LogP contribution in [0.4, 0.5) is 0 Å². The van der Waals surface area contributed by atoms with Crippen LogP contribution in [0.25, 0.3) is 0 Å². The minimum Gasteiger partial charge on any atom is -0.462 e. The zero-order valence-corrected chi connectivity index (χ0v) is 41.8. The molecule has 1 amide bonds. The van der Waals surface area contributed by atoms with Gasteiger partial charge in [0, 0.05) is 6.42 Å². The van der Waals surface area contributed by atoms with Crippen LogP contribution in [-0.2, 0) is 14.3 Å². The second-order valence-corrected chi connectivity index (χ2v) is 19.0. The molecule has 3 N–H and O–H groups in total. The molecular formula is C56H107NO5. The van der Waals surface area contributed by atoms with Gasteiger partial charge in [0.2, 0.25) is 5.91 Å². The summed E-state index contributed by atoms with van der Waals surface area (Å²) in [4.78, 5) is 26.2. The Hall–Kier alpha value is -1.66. The molecule has 0 radical (unpaired) electrons. The zero-order valence-electron chi connectivity index (χ0n) is 41.8. The molecule has 6 heteroatoms. The Morgan fingerprint density at radius 2 is 0.823 bits per heavy atom. The average molecular weight is 874 g/mol. The fraction of sp³-hybridized carbons (Fsp3) is 0.893. The third kappa shape index (κ3) is 44.9. The van der Waals surface area contributed by atoms with Crippen LogP contribution in [0.2, 0.25) is 0 Å². The van der Waals surface area contributed by atoms with Crippen LogP contribution in [0.15, 0.2) is 24.3 Å². The third-order valence-electron chi connectivity index (χ3n) is 12.8. The van der Waals surface area contributed by atoms with Crippen LogP contribution in [-0.4, -0.2) is 46.9 Å². The van der Waals surface area contributed by atoms with Gasteiger partial charge in [-0.3, -0.25) is 9.59 Å². The summed E-state index contributed by atoms with van der Waals surface area (Å²) >= 11 is 0. The number of unbranched alkanes of at least 4 members (excludes halogenated alkanes) is 34. The third-order valence-corrected chi connectivity index (χ3v) is 12.8. The first kappa shape index (κ1) is 60.3. The number of ether oxygens (including phenoxy) is 1. The highest BCUT2D eigenvalue weighted by Gasteiger charge is 2.24. The van der Waals surface area contributed by atoms with E-state index in [1.54, 1.807) is 0 Å². The number of carbonyl (C=O) groups is 2. The molecule has 3 unspecified atom stereocenters. The highest BCUT2D eigenvalue weighted by atomic mass is 16.5. The van der Waals surface area contributed by atoms with E-state index in [2.05, 4.69) is 50.4 Å². The Bertz CT molecular complexity index is 981. The van der Waals surface area contributed by atoms with E-state index in [-0.39, 0.29) is 24.9 Å². The van der Waals surface area contributed by atoms with Crippen molar-refractivity contribution in [3.05, 3.63) is 24.3 Å². The van der Waals surface area contributed by atoms with Crippen molar-refractivity contribution in [2.75, 3.05) is 6.61 Å². The molecule has 0 saturated carbocycles. The van der Waals surface area contributed by atoms with Gasteiger partial charge in [0.05, 0.1) is 25.2 Å². The smallest absolute Gasteiger partial charge is 0.306 e. The van der Waals surface area contributed by atoms with Gasteiger partial charge >= 0.3 is 5.97 Å². The minimum atomic E-state index is -0.788. The molecule has 0 aliphatic rings. The first-order chi connectivity index (χ1) is 30.5. The van der Waals surface area contributed by atoms with Crippen LogP contribution in [0.3, 0.4) is 0 Å². The second kappa shape index (κ2) is 50.3. The van der Waals surface area contributed by atoms with Crippen molar-refractivity contribution in [3.63, 3.8) is 0 Å². The Labute approximate surface area is 386 Å². The number of rotatable bonds is 50. The van der Waals surface area contributed by atoms with Gasteiger partial charge in [0.25, 0.3) is 0 Å². The van der Waals surface area contributed by atoms with E-state index >= 15 is 0 Å². The molecule has 0 aliphatic carbocycles. The van der Waals surface area contributed by atoms with Crippen molar-refractivity contribution in [2.24, 2.45) is 0 Å². The standard InChI is InChI=1S/C56H107NO5/c1-4-7-10-13-16-19-22-25-28-29-32-35-38-41-44-47-52(62-56(61)49-46-43-40-37-34-31-27-24-21-18-15-12-9-6-3)50-55(60)57-53(51-58)54(59)48-45-42-39-36-33-30-26-23-20-17-14-11-8-5-2/h16,19,25,28,52-54,58-59H,4-15,17-18,20-24,26-27,29-51H2,1-3H3,(H,57,60)/b19-16-,28-25-. The van der Waals surface area contributed by atoms with E-state index in [0.717, 1.165) is 64.2 Å². The summed E-state index contributed by atoms with van der Waals surface area (Å²) in [6.07, 6.45) is 58.0. The van der Waals surface area contributed by atoms with E-state index in [1.807, 2.05) is 0 Å². The van der Waals surface area contributed by atoms with Gasteiger partial charge in [-0.15, -0.1) is 0 Å². The maximum atomic E-state index is 13.2. The van der Waals surface area contributed by atoms with Gasteiger partial charge in [-0.25, -0.2) is 0 Å². The monoisotopic (exact) mass is 874 g/mol. The van der Waals surface area contributed by atoms with Gasteiger partial charge in [-0.2, -0.15) is 0 Å². The van der Waals surface area contributed by atoms with E-state index in [0.29, 0.717) is 19.3 Å². The fourth-order valence-electron chi connectivity index (χ4n) is 8.58. The van der Waals surface area contributed by atoms with E-state index in [9.17, 15) is 19.8 Å². The number of hydrogen-bond donors (Lipinski definition) is 3. The molecule has 0 aliphatic heterocycles. The zero-order chi connectivity index (χ0) is 45.2. The van der Waals surface area contributed by atoms with E-state index in [1.165, 1.54) is 186 Å². The van der Waals surface area contributed by atoms with Gasteiger partial charge in [-0.05, 0) is 57.8 Å². The van der Waals surface area contributed by atoms with Gasteiger partial charge in [0.1, 0.15) is 6.10 Å². The molecule has 3 atom stereocenters. The van der Waals surface area contributed by atoms with E-state index < -0.39 is 18.2 Å². The number of aliphatic hydroxyl groups is 2. The number of aliphatic hydroxyl groups excluding tert-OH is 2. The molecule has 0 aromatic rings. The highest BCUT2D eigenvalue weighted by molar-refractivity contribution is 5.77. The highest BCUT2D eigenvalue weighted by Crippen LogP contribution is 2.18. The Morgan fingerprint density at radius 3 is 1.26 bits per heavy atom. The van der Waals surface area contributed by atoms with Crippen LogP contribution in [0.1, 0.15) is 297 Å². The van der Waals surface area contributed by atoms with E-state index in [4.69, 9.17) is 4.74 Å². The molecule has 0 aromatic carbocycles. The molecule has 0 fully saturated rings. The predicted molar refractivity (Wildman–Crippen MR) is 269 cm³/mol. The quantitative estimate of drug-likeness (QED) is 0.0321. The molecule has 0 aromatic heterocycles. The molecule has 6 nitrogen and oxygen atoms in total. The normalized spacial score (nSPS) is 13.3. The van der Waals surface area contributed by atoms with Crippen molar-refractivity contribution in [3.8, 4) is 0 Å². The summed E-state index contributed by atoms with van der Waals surface area (Å²) in [5.41, 5.74) is 0. The molecule has 0 spiro atoms. The summed E-state index contributed by atoms with van der Waals surface area (Å²) < 4.78 is 5.95. The van der Waals surface area contributed by atoms with Crippen molar-refractivity contribution >= 4 is 11.9 Å². The second-order valence-electron chi connectivity index (χ2n) is 19.0. The lowest BCUT2D eigenvalue weighted by molar-refractivity contribution is -0.151. The lowest BCUT2D eigenvalue weighted by atomic mass is 10.0. The minimum absolute atomic E-state index is 0.0738. The number of esters is 1. The SMILES string of the molecule is CCCCC/C=C\C/C=C\CCCCCCCC(CC(=O)NC(CO)C(O)CCCCCCCCCCCCCCCC)OC(=O)CCCCCCCCCCCCCCCC. The number of carbonyl (C=O) groups excluding carboxylic acids is 2. The Morgan fingerprint density at radius 1 is 0.468 bits per heavy atom. The van der Waals surface area contributed by atoms with Crippen molar-refractivity contribution in [1.29, 1.82) is 0 Å². The lowest BCUT2D eigenvalue weighted by Gasteiger charge is -2.24. The van der Waals surface area contributed by atoms with Crippen molar-refractivity contribution < 1.29 is 24.5 Å². The van der Waals surface area contributed by atoms with Crippen LogP contribution >= 0.6 is 0 Å². The number of hydrogen-bond acceptors (Lipinski definition) is 5. The number of amides is 1. The summed E-state index contributed by atoms with van der Waals surface area (Å²) in [6.45, 7) is 6.48. The van der Waals surface area contributed by atoms with Crippen LogP contribution in [0, 0.1) is 0 Å². The Balaban J connectivity index is 4.56. The summed E-state index contributed by atoms with van der Waals surface area (Å²) in [5, 5.41) is 23.8. The molecule has 366 valence electrons. The number of nitrogens with one attached hydrogen (secondary N) is 1. The summed E-state index contributed by atoms with van der Waals surface area (Å²) in [6, 6.07) is -0.702. The molecule has 62 heavy (non-hydrogen) atoms. The fourth-order valence-corrected chi connectivity index (χ4v) is 8.58. The van der Waals surface area contributed by atoms with Gasteiger partial charge < -0.3 is 20.3 Å². The topological polar surface area (TPSA) is 95.9 Å². The summed E-state index contributed by atoms with van der Waals surface area (Å²) in [7, 11) is 0. The molecule has 0 bridgehead atoms. The lowest BCUT2D eigenvalue weighted by Crippen LogP contribution is -2.46. The largest absolute Gasteiger partial charge is 0.462 e.